The lowest BCUT2D eigenvalue weighted by Crippen LogP contribution is -2.58. The summed E-state index contributed by atoms with van der Waals surface area (Å²) in [5, 5.41) is 13.2. The predicted molar refractivity (Wildman–Crippen MR) is 130 cm³/mol. The van der Waals surface area contributed by atoms with Crippen LogP contribution in [-0.4, -0.2) is 74.0 Å². The number of rotatable bonds is 8. The number of alkyl halides is 1. The third-order valence-corrected chi connectivity index (χ3v) is 10.1. The van der Waals surface area contributed by atoms with Crippen LogP contribution in [0, 0.1) is 11.8 Å². The maximum atomic E-state index is 14.0. The number of likely N-dealkylation sites (tertiary alicyclic amines) is 1. The Morgan fingerprint density at radius 3 is 2.64 bits per heavy atom. The van der Waals surface area contributed by atoms with Crippen LogP contribution in [0.1, 0.15) is 32.8 Å². The van der Waals surface area contributed by atoms with Crippen molar-refractivity contribution in [1.29, 1.82) is 0 Å². The Hall–Kier alpha value is -1.58. The lowest BCUT2D eigenvalue weighted by molar-refractivity contribution is -0.154. The number of ether oxygens (including phenoxy) is 1. The Balaban J connectivity index is 1.76. The van der Waals surface area contributed by atoms with Gasteiger partial charge >= 0.3 is 5.97 Å². The van der Waals surface area contributed by atoms with Crippen molar-refractivity contribution in [3.8, 4) is 0 Å². The minimum Gasteiger partial charge on any atom is -0.466 e. The number of carbonyl (C=O) groups excluding carboxylic acids is 3. The topological polar surface area (TPSA) is 95.9 Å². The van der Waals surface area contributed by atoms with Crippen LogP contribution in [0.25, 0.3) is 0 Å². The second kappa shape index (κ2) is 9.58. The fraction of sp³-hybridized carbons (Fsp3) is 0.625. The second-order valence-corrected chi connectivity index (χ2v) is 12.1. The molecule has 180 valence electrons. The molecule has 3 fully saturated rings. The Kier molecular flexibility index (Phi) is 7.13. The molecule has 3 aliphatic rings. The number of aliphatic hydroxyl groups is 1. The molecule has 1 spiro atoms. The van der Waals surface area contributed by atoms with Crippen molar-refractivity contribution in [2.45, 2.75) is 66.6 Å². The number of hydrogen-bond acceptors (Lipinski definition) is 6. The van der Waals surface area contributed by atoms with E-state index in [9.17, 15) is 19.5 Å². The molecule has 2 N–H and O–H groups in total. The van der Waals surface area contributed by atoms with Crippen LogP contribution >= 0.6 is 27.7 Å². The molecule has 3 saturated heterocycles. The minimum absolute atomic E-state index is 0.00282. The highest BCUT2D eigenvalue weighted by atomic mass is 79.9. The summed E-state index contributed by atoms with van der Waals surface area (Å²) in [5.41, 5.74) is 0.971. The van der Waals surface area contributed by atoms with Gasteiger partial charge in [-0.2, -0.15) is 0 Å². The summed E-state index contributed by atoms with van der Waals surface area (Å²) >= 11 is 5.29. The summed E-state index contributed by atoms with van der Waals surface area (Å²) in [6.45, 7) is 5.49. The van der Waals surface area contributed by atoms with Crippen LogP contribution in [0.3, 0.4) is 0 Å². The Morgan fingerprint density at radius 2 is 2.03 bits per heavy atom. The van der Waals surface area contributed by atoms with Crippen molar-refractivity contribution in [1.82, 2.24) is 10.2 Å². The number of halogens is 1. The number of amides is 2. The number of nitrogens with one attached hydrogen (secondary N) is 1. The zero-order valence-electron chi connectivity index (χ0n) is 19.1. The largest absolute Gasteiger partial charge is 0.466 e. The molecule has 1 aromatic carbocycles. The van der Waals surface area contributed by atoms with Crippen LogP contribution in [0.5, 0.6) is 0 Å². The van der Waals surface area contributed by atoms with E-state index in [0.29, 0.717) is 12.8 Å². The minimum atomic E-state index is -0.771. The molecule has 0 aromatic heterocycles. The number of thioether (sulfide) groups is 1. The first-order valence-corrected chi connectivity index (χ1v) is 13.3. The molecule has 4 rings (SSSR count). The molecular formula is C24H31BrN2O5S. The van der Waals surface area contributed by atoms with Crippen molar-refractivity contribution in [3.05, 3.63) is 35.9 Å². The molecule has 3 aliphatic heterocycles. The average molecular weight is 539 g/mol. The lowest BCUT2D eigenvalue weighted by atomic mass is 9.71. The molecule has 7 atom stereocenters. The smallest absolute Gasteiger partial charge is 0.310 e. The number of hydrogen-bond donors (Lipinski definition) is 2. The molecule has 0 radical (unpaired) electrons. The van der Waals surface area contributed by atoms with Gasteiger partial charge in [-0.1, -0.05) is 46.3 Å². The van der Waals surface area contributed by atoms with E-state index >= 15 is 0 Å². The second-order valence-electron chi connectivity index (χ2n) is 9.35. The van der Waals surface area contributed by atoms with Gasteiger partial charge in [-0.25, -0.2) is 0 Å². The summed E-state index contributed by atoms with van der Waals surface area (Å²) in [4.78, 5) is 42.1. The zero-order valence-corrected chi connectivity index (χ0v) is 21.5. The maximum Gasteiger partial charge on any atom is 0.310 e. The highest BCUT2D eigenvalue weighted by Crippen LogP contribution is 2.68. The summed E-state index contributed by atoms with van der Waals surface area (Å²) < 4.78 is 4.62. The third kappa shape index (κ3) is 4.10. The van der Waals surface area contributed by atoms with Gasteiger partial charge in [-0.15, -0.1) is 11.8 Å². The van der Waals surface area contributed by atoms with Crippen molar-refractivity contribution in [2.24, 2.45) is 11.8 Å². The first kappa shape index (κ1) is 24.5. The molecule has 33 heavy (non-hydrogen) atoms. The summed E-state index contributed by atoms with van der Waals surface area (Å²) in [6.07, 6.45) is 1.03. The summed E-state index contributed by atoms with van der Waals surface area (Å²) in [5.74, 6) is -2.11. The Labute approximate surface area is 207 Å². The van der Waals surface area contributed by atoms with E-state index in [1.807, 2.05) is 44.2 Å². The Morgan fingerprint density at radius 1 is 1.33 bits per heavy atom. The van der Waals surface area contributed by atoms with Gasteiger partial charge in [0.25, 0.3) is 0 Å². The Bertz CT molecular complexity index is 915. The fourth-order valence-electron chi connectivity index (χ4n) is 5.77. The number of aliphatic hydroxyl groups excluding tert-OH is 1. The van der Waals surface area contributed by atoms with Gasteiger partial charge in [0.2, 0.25) is 11.8 Å². The van der Waals surface area contributed by atoms with Crippen LogP contribution in [0.15, 0.2) is 30.3 Å². The first-order valence-electron chi connectivity index (χ1n) is 11.5. The van der Waals surface area contributed by atoms with Gasteiger partial charge < -0.3 is 20.1 Å². The van der Waals surface area contributed by atoms with Gasteiger partial charge in [0.05, 0.1) is 35.8 Å². The number of carbonyl (C=O) groups is 3. The van der Waals surface area contributed by atoms with Crippen molar-refractivity contribution >= 4 is 45.5 Å². The highest BCUT2D eigenvalue weighted by molar-refractivity contribution is 9.09. The van der Waals surface area contributed by atoms with Crippen LogP contribution in [-0.2, 0) is 25.5 Å². The quantitative estimate of drug-likeness (QED) is 0.389. The molecule has 7 nitrogen and oxygen atoms in total. The van der Waals surface area contributed by atoms with Crippen LogP contribution in [0.2, 0.25) is 0 Å². The van der Waals surface area contributed by atoms with E-state index in [0.717, 1.165) is 5.56 Å². The zero-order chi connectivity index (χ0) is 23.9. The van der Waals surface area contributed by atoms with Crippen LogP contribution in [0.4, 0.5) is 0 Å². The molecule has 9 heteroatoms. The molecule has 3 heterocycles. The molecule has 0 aliphatic carbocycles. The molecular weight excluding hydrogens is 508 g/mol. The summed E-state index contributed by atoms with van der Waals surface area (Å²) in [7, 11) is 0. The van der Waals surface area contributed by atoms with E-state index in [1.165, 1.54) is 0 Å². The van der Waals surface area contributed by atoms with Crippen molar-refractivity contribution in [2.75, 3.05) is 13.2 Å². The van der Waals surface area contributed by atoms with Gasteiger partial charge in [-0.3, -0.25) is 14.4 Å². The molecule has 2 amide bonds. The molecule has 1 aromatic rings. The van der Waals surface area contributed by atoms with Gasteiger partial charge in [0.15, 0.2) is 0 Å². The number of esters is 1. The standard InChI is InChI=1S/C24H31BrN2O5S/c1-4-32-23(31)17-18-22(30)27(15(12-28)10-14-8-6-5-7-9-14)20(21(29)26-13(2)3)24(18)11-16(25)19(17)33-24/h5-9,13,15-20,28H,4,10-12H2,1-3H3,(H,26,29)/t15-,16?,17+,18+,19+,20?,24?/m1/s1. The van der Waals surface area contributed by atoms with E-state index < -0.39 is 28.7 Å². The summed E-state index contributed by atoms with van der Waals surface area (Å²) in [6, 6.07) is 8.19. The molecule has 2 bridgehead atoms. The third-order valence-electron chi connectivity index (χ3n) is 6.88. The SMILES string of the molecule is CCOC(=O)[C@H]1[C@H]2C(=O)N([C@@H](CO)Cc3ccccc3)C(C(=O)NC(C)C)C23CC(Br)[C@@H]1S3. The lowest BCUT2D eigenvalue weighted by Gasteiger charge is -2.37. The number of benzene rings is 1. The van der Waals surface area contributed by atoms with Gasteiger partial charge in [0, 0.05) is 16.1 Å². The molecule has 3 unspecified atom stereocenters. The average Bonchev–Trinajstić information content (AvgIpc) is 3.36. The number of nitrogens with zero attached hydrogens (tertiary/aromatic N) is 1. The van der Waals surface area contributed by atoms with E-state index in [1.54, 1.807) is 23.6 Å². The fourth-order valence-corrected chi connectivity index (χ4v) is 9.36. The van der Waals surface area contributed by atoms with Gasteiger partial charge in [-0.05, 0) is 39.2 Å². The predicted octanol–water partition coefficient (Wildman–Crippen LogP) is 2.14. The van der Waals surface area contributed by atoms with Crippen molar-refractivity contribution < 1.29 is 24.2 Å². The highest BCUT2D eigenvalue weighted by Gasteiger charge is 2.76. The number of fused-ring (bicyclic) bond motifs is 1. The first-order chi connectivity index (χ1) is 15.7. The van der Waals surface area contributed by atoms with E-state index in [4.69, 9.17) is 4.74 Å². The normalized spacial score (nSPS) is 33.3. The molecule has 0 saturated carbocycles. The van der Waals surface area contributed by atoms with Gasteiger partial charge in [0.1, 0.15) is 6.04 Å². The van der Waals surface area contributed by atoms with E-state index in [-0.39, 0.29) is 47.1 Å². The maximum absolute atomic E-state index is 14.0. The van der Waals surface area contributed by atoms with E-state index in [2.05, 4.69) is 21.2 Å². The van der Waals surface area contributed by atoms with Crippen molar-refractivity contribution in [3.63, 3.8) is 0 Å². The van der Waals surface area contributed by atoms with Crippen LogP contribution < -0.4 is 5.32 Å². The monoisotopic (exact) mass is 538 g/mol.